The predicted molar refractivity (Wildman–Crippen MR) is 33.3 cm³/mol. The van der Waals surface area contributed by atoms with Crippen LogP contribution in [0.15, 0.2) is 12.3 Å². The minimum Gasteiger partial charge on any atom is -0.434 e. The fourth-order valence-corrected chi connectivity index (χ4v) is 0.849. The lowest BCUT2D eigenvalue weighted by atomic mass is 10.5. The van der Waals surface area contributed by atoms with Crippen molar-refractivity contribution in [3.63, 3.8) is 0 Å². The Morgan fingerprint density at radius 3 is 2.17 bits per heavy atom. The molecule has 2 unspecified atom stereocenters. The van der Waals surface area contributed by atoms with Crippen LogP contribution < -0.4 is 0 Å². The molecule has 0 aromatic carbocycles. The number of hydrogen-bond donors (Lipinski definition) is 0. The minimum absolute atomic E-state index is 0.739. The second kappa shape index (κ2) is 4.51. The molecule has 0 amide bonds. The Morgan fingerprint density at radius 1 is 1.17 bits per heavy atom. The Labute approximate surface area is 92.6 Å². The third-order valence-corrected chi connectivity index (χ3v) is 1.33. The monoisotopic (exact) mass is 290 g/mol. The van der Waals surface area contributed by atoms with Crippen LogP contribution in [-0.2, 0) is 18.9 Å². The highest BCUT2D eigenvalue weighted by atomic mass is 19.4. The van der Waals surface area contributed by atoms with Crippen LogP contribution in [0.3, 0.4) is 0 Å². The third kappa shape index (κ3) is 3.96. The summed E-state index contributed by atoms with van der Waals surface area (Å²) in [7, 11) is 0. The molecule has 0 radical (unpaired) electrons. The summed E-state index contributed by atoms with van der Waals surface area (Å²) in [6.07, 6.45) is -17.3. The summed E-state index contributed by atoms with van der Waals surface area (Å²) in [5, 5.41) is 0. The van der Waals surface area contributed by atoms with Crippen LogP contribution >= 0.6 is 0 Å². The van der Waals surface area contributed by atoms with Crippen LogP contribution in [0.25, 0.3) is 0 Å². The van der Waals surface area contributed by atoms with Gasteiger partial charge >= 0.3 is 24.8 Å². The van der Waals surface area contributed by atoms with Gasteiger partial charge in [0.15, 0.2) is 6.26 Å². The van der Waals surface area contributed by atoms with Gasteiger partial charge in [-0.15, -0.1) is 22.0 Å². The van der Waals surface area contributed by atoms with Crippen LogP contribution in [0.5, 0.6) is 0 Å². The summed E-state index contributed by atoms with van der Waals surface area (Å²) < 4.78 is 108. The van der Waals surface area contributed by atoms with Gasteiger partial charge in [-0.2, -0.15) is 13.2 Å². The summed E-state index contributed by atoms with van der Waals surface area (Å²) in [6.45, 7) is 0. The standard InChI is InChI=1S/C6H2F8O4/c7-2(8)1-15-4(9)3(16-5(10,11)12)17-6(13,14)18-4/h1,3H. The molecule has 1 saturated heterocycles. The molecule has 1 rings (SSSR count). The molecule has 0 N–H and O–H groups in total. The van der Waals surface area contributed by atoms with Crippen molar-refractivity contribution in [2.75, 3.05) is 0 Å². The maximum Gasteiger partial charge on any atom is 0.525 e. The molecular weight excluding hydrogens is 288 g/mol. The minimum atomic E-state index is -5.59. The van der Waals surface area contributed by atoms with Crippen molar-refractivity contribution < 1.29 is 54.1 Å². The highest BCUT2D eigenvalue weighted by molar-refractivity contribution is 4.77. The van der Waals surface area contributed by atoms with E-state index in [0.29, 0.717) is 0 Å². The molecule has 106 valence electrons. The van der Waals surface area contributed by atoms with E-state index in [2.05, 4.69) is 18.9 Å². The van der Waals surface area contributed by atoms with E-state index < -0.39 is 37.3 Å². The van der Waals surface area contributed by atoms with Gasteiger partial charge in [0.05, 0.1) is 0 Å². The van der Waals surface area contributed by atoms with Gasteiger partial charge in [0.2, 0.25) is 0 Å². The van der Waals surface area contributed by atoms with Gasteiger partial charge in [0.25, 0.3) is 6.29 Å². The molecule has 0 spiro atoms. The van der Waals surface area contributed by atoms with Crippen LogP contribution in [0.2, 0.25) is 0 Å². The Balaban J connectivity index is 2.87. The predicted octanol–water partition coefficient (Wildman–Crippen LogP) is 2.82. The maximum atomic E-state index is 13.3. The molecule has 2 atom stereocenters. The van der Waals surface area contributed by atoms with E-state index in [9.17, 15) is 35.1 Å². The quantitative estimate of drug-likeness (QED) is 0.591. The van der Waals surface area contributed by atoms with Crippen molar-refractivity contribution in [3.05, 3.63) is 12.3 Å². The van der Waals surface area contributed by atoms with Gasteiger partial charge < -0.3 is 4.74 Å². The zero-order valence-electron chi connectivity index (χ0n) is 7.81. The molecule has 0 aliphatic carbocycles. The second-order valence-electron chi connectivity index (χ2n) is 2.69. The first-order valence-electron chi connectivity index (χ1n) is 3.82. The van der Waals surface area contributed by atoms with Crippen molar-refractivity contribution in [1.82, 2.24) is 0 Å². The third-order valence-electron chi connectivity index (χ3n) is 1.33. The zero-order valence-corrected chi connectivity index (χ0v) is 7.81. The zero-order chi connectivity index (χ0) is 14.2. The van der Waals surface area contributed by atoms with Gasteiger partial charge in [0.1, 0.15) is 0 Å². The van der Waals surface area contributed by atoms with Crippen LogP contribution in [0, 0.1) is 0 Å². The lowest BCUT2D eigenvalue weighted by Crippen LogP contribution is -2.41. The summed E-state index contributed by atoms with van der Waals surface area (Å²) in [5.41, 5.74) is 0. The van der Waals surface area contributed by atoms with E-state index in [-0.39, 0.29) is 0 Å². The topological polar surface area (TPSA) is 36.9 Å². The van der Waals surface area contributed by atoms with Gasteiger partial charge in [0, 0.05) is 0 Å². The van der Waals surface area contributed by atoms with Crippen LogP contribution in [0.4, 0.5) is 35.1 Å². The molecule has 4 nitrogen and oxygen atoms in total. The molecule has 1 aliphatic heterocycles. The van der Waals surface area contributed by atoms with Crippen molar-refractivity contribution in [1.29, 1.82) is 0 Å². The summed E-state index contributed by atoms with van der Waals surface area (Å²) >= 11 is 0. The first-order valence-corrected chi connectivity index (χ1v) is 3.82. The number of ether oxygens (including phenoxy) is 4. The second-order valence-corrected chi connectivity index (χ2v) is 2.69. The van der Waals surface area contributed by atoms with Gasteiger partial charge in [-0.05, 0) is 0 Å². The molecule has 18 heavy (non-hydrogen) atoms. The van der Waals surface area contributed by atoms with Gasteiger partial charge in [-0.25, -0.2) is 4.74 Å². The molecule has 1 fully saturated rings. The average molecular weight is 290 g/mol. The lowest BCUT2D eigenvalue weighted by Gasteiger charge is -2.22. The highest BCUT2D eigenvalue weighted by Gasteiger charge is 2.66. The largest absolute Gasteiger partial charge is 0.525 e. The van der Waals surface area contributed by atoms with Crippen molar-refractivity contribution in [2.45, 2.75) is 25.0 Å². The number of rotatable bonds is 3. The molecule has 12 heteroatoms. The molecule has 0 aromatic heterocycles. The number of halogens is 8. The first-order chi connectivity index (χ1) is 7.94. The lowest BCUT2D eigenvalue weighted by molar-refractivity contribution is -0.419. The van der Waals surface area contributed by atoms with E-state index in [1.807, 2.05) is 0 Å². The van der Waals surface area contributed by atoms with E-state index in [1.54, 1.807) is 0 Å². The normalized spacial score (nSPS) is 31.2. The summed E-state index contributed by atoms with van der Waals surface area (Å²) in [4.78, 5) is 0. The smallest absolute Gasteiger partial charge is 0.434 e. The molecule has 1 heterocycles. The van der Waals surface area contributed by atoms with Gasteiger partial charge in [-0.3, -0.25) is 9.47 Å². The molecule has 1 aliphatic rings. The Bertz CT molecular complexity index is 337. The SMILES string of the molecule is FC(F)=COC1(F)OC(F)(F)OC1OC(F)(F)F. The summed E-state index contributed by atoms with van der Waals surface area (Å²) in [6, 6.07) is -4.39. The Hall–Kier alpha value is -1.14. The van der Waals surface area contributed by atoms with Crippen molar-refractivity contribution >= 4 is 0 Å². The first kappa shape index (κ1) is 14.9. The van der Waals surface area contributed by atoms with E-state index in [4.69, 9.17) is 0 Å². The highest BCUT2D eigenvalue weighted by Crippen LogP contribution is 2.43. The Kier molecular flexibility index (Phi) is 3.74. The molecule has 0 saturated carbocycles. The van der Waals surface area contributed by atoms with E-state index >= 15 is 0 Å². The fourth-order valence-electron chi connectivity index (χ4n) is 0.849. The van der Waals surface area contributed by atoms with E-state index in [1.165, 1.54) is 0 Å². The van der Waals surface area contributed by atoms with Crippen molar-refractivity contribution in [2.24, 2.45) is 0 Å². The van der Waals surface area contributed by atoms with Crippen LogP contribution in [0.1, 0.15) is 0 Å². The van der Waals surface area contributed by atoms with E-state index in [0.717, 1.165) is 0 Å². The average Bonchev–Trinajstić information content (AvgIpc) is 2.31. The maximum absolute atomic E-state index is 13.3. The fraction of sp³-hybridized carbons (Fsp3) is 0.667. The molecular formula is C6H2F8O4. The van der Waals surface area contributed by atoms with Gasteiger partial charge in [-0.1, -0.05) is 0 Å². The van der Waals surface area contributed by atoms with Crippen LogP contribution in [-0.4, -0.2) is 25.0 Å². The van der Waals surface area contributed by atoms with Crippen molar-refractivity contribution in [3.8, 4) is 0 Å². The molecule has 0 aromatic rings. The molecule has 0 bridgehead atoms. The summed E-state index contributed by atoms with van der Waals surface area (Å²) in [5.74, 6) is 0. The number of alkyl halides is 6. The number of hydrogen-bond acceptors (Lipinski definition) is 4. The Morgan fingerprint density at radius 2 is 1.72 bits per heavy atom.